The molecule has 1 aliphatic rings. The Morgan fingerprint density at radius 3 is 2.57 bits per heavy atom. The van der Waals surface area contributed by atoms with E-state index in [2.05, 4.69) is 11.0 Å². The summed E-state index contributed by atoms with van der Waals surface area (Å²) < 4.78 is 17.7. The number of carbonyl (C=O) groups excluding carboxylic acids is 1. The standard InChI is InChI=1S/C20H20N2O5S/c1-25-15-10-13(11-16(26-2)18(15)27-3)12-21-20(24)22-19(23)14-8-6-4-5-7-9-17(14)28-22/h4,6-8,10-11H,5,12H2,1-3H3,(H,21,24)/b6-4-,14-8+. The fraction of sp³-hybridized carbons (Fsp3) is 0.250. The average Bonchev–Trinajstić information content (AvgIpc) is 2.99. The minimum atomic E-state index is -0.505. The number of hydrogen-bond donors (Lipinski definition) is 1. The number of aromatic nitrogens is 1. The van der Waals surface area contributed by atoms with Crippen LogP contribution in [0, 0.1) is 0 Å². The Kier molecular flexibility index (Phi) is 6.03. The van der Waals surface area contributed by atoms with Crippen molar-refractivity contribution in [2.75, 3.05) is 21.3 Å². The molecule has 1 aliphatic carbocycles. The topological polar surface area (TPSA) is 78.8 Å². The van der Waals surface area contributed by atoms with Crippen LogP contribution in [0.4, 0.5) is 4.79 Å². The lowest BCUT2D eigenvalue weighted by Crippen LogP contribution is -2.39. The van der Waals surface area contributed by atoms with Gasteiger partial charge in [-0.15, -0.1) is 5.73 Å². The number of hydrogen-bond acceptors (Lipinski definition) is 6. The summed E-state index contributed by atoms with van der Waals surface area (Å²) >= 11 is 1.06. The molecule has 0 atom stereocenters. The molecule has 3 rings (SSSR count). The molecule has 0 radical (unpaired) electrons. The third-order valence-electron chi connectivity index (χ3n) is 4.08. The van der Waals surface area contributed by atoms with Crippen LogP contribution in [0.3, 0.4) is 0 Å². The van der Waals surface area contributed by atoms with Crippen LogP contribution in [0.25, 0.3) is 11.8 Å². The van der Waals surface area contributed by atoms with Crippen LogP contribution in [0.1, 0.15) is 12.0 Å². The molecule has 0 aliphatic heterocycles. The number of methoxy groups -OCH3 is 3. The number of allylic oxidation sites excluding steroid dienone is 3. The maximum atomic E-state index is 12.6. The third-order valence-corrected chi connectivity index (χ3v) is 5.12. The van der Waals surface area contributed by atoms with Gasteiger partial charge in [0.2, 0.25) is 5.75 Å². The summed E-state index contributed by atoms with van der Waals surface area (Å²) in [6.45, 7) is 0.188. The second-order valence-electron chi connectivity index (χ2n) is 5.80. The van der Waals surface area contributed by atoms with E-state index in [-0.39, 0.29) is 12.1 Å². The summed E-state index contributed by atoms with van der Waals surface area (Å²) in [4.78, 5) is 25.1. The van der Waals surface area contributed by atoms with Gasteiger partial charge in [0, 0.05) is 6.54 Å². The fourth-order valence-electron chi connectivity index (χ4n) is 2.72. The van der Waals surface area contributed by atoms with E-state index < -0.39 is 6.03 Å². The molecule has 1 aromatic carbocycles. The first-order valence-electron chi connectivity index (χ1n) is 8.50. The van der Waals surface area contributed by atoms with E-state index in [1.807, 2.05) is 18.2 Å². The van der Waals surface area contributed by atoms with Gasteiger partial charge in [-0.2, -0.15) is 3.96 Å². The summed E-state index contributed by atoms with van der Waals surface area (Å²) in [6.07, 6.45) is 7.99. The fourth-order valence-corrected chi connectivity index (χ4v) is 3.62. The van der Waals surface area contributed by atoms with Crippen molar-refractivity contribution in [1.82, 2.24) is 9.27 Å². The van der Waals surface area contributed by atoms with Gasteiger partial charge >= 0.3 is 6.03 Å². The van der Waals surface area contributed by atoms with Gasteiger partial charge in [0.05, 0.1) is 31.1 Å². The minimum absolute atomic E-state index is 0.188. The van der Waals surface area contributed by atoms with E-state index in [0.717, 1.165) is 27.5 Å². The predicted molar refractivity (Wildman–Crippen MR) is 108 cm³/mol. The highest BCUT2D eigenvalue weighted by Crippen LogP contribution is 2.38. The molecule has 1 N–H and O–H groups in total. The number of benzene rings is 1. The quantitative estimate of drug-likeness (QED) is 0.820. The van der Waals surface area contributed by atoms with Crippen LogP contribution in [-0.2, 0) is 6.54 Å². The molecule has 1 amide bonds. The van der Waals surface area contributed by atoms with Gasteiger partial charge in [-0.05, 0) is 47.8 Å². The maximum absolute atomic E-state index is 12.6. The van der Waals surface area contributed by atoms with Crippen molar-refractivity contribution < 1.29 is 19.0 Å². The number of carbonyl (C=O) groups is 1. The van der Waals surface area contributed by atoms with Crippen LogP contribution >= 0.6 is 11.5 Å². The molecule has 0 fully saturated rings. The average molecular weight is 400 g/mol. The molecule has 0 bridgehead atoms. The van der Waals surface area contributed by atoms with E-state index in [1.165, 1.54) is 21.3 Å². The first-order chi connectivity index (χ1) is 13.6. The highest BCUT2D eigenvalue weighted by atomic mass is 32.1. The molecule has 2 aromatic rings. The van der Waals surface area contributed by atoms with Crippen molar-refractivity contribution in [3.05, 3.63) is 56.0 Å². The summed E-state index contributed by atoms with van der Waals surface area (Å²) in [5, 5.41) is 3.21. The molecule has 0 spiro atoms. The Morgan fingerprint density at radius 2 is 1.93 bits per heavy atom. The summed E-state index contributed by atoms with van der Waals surface area (Å²) in [7, 11) is 4.57. The second kappa shape index (κ2) is 8.65. The van der Waals surface area contributed by atoms with Crippen molar-refractivity contribution in [3.63, 3.8) is 0 Å². The zero-order valence-corrected chi connectivity index (χ0v) is 16.6. The van der Waals surface area contributed by atoms with E-state index in [9.17, 15) is 9.59 Å². The Bertz CT molecular complexity index is 1110. The third kappa shape index (κ3) is 3.88. The summed E-state index contributed by atoms with van der Waals surface area (Å²) in [5.74, 6) is 1.45. The zero-order chi connectivity index (χ0) is 20.1. The molecule has 1 aromatic heterocycles. The number of ether oxygens (including phenoxy) is 3. The number of amides is 1. The van der Waals surface area contributed by atoms with Gasteiger partial charge < -0.3 is 19.5 Å². The van der Waals surface area contributed by atoms with Crippen molar-refractivity contribution >= 4 is 29.4 Å². The number of nitrogens with one attached hydrogen (secondary N) is 1. The van der Waals surface area contributed by atoms with E-state index in [1.54, 1.807) is 18.2 Å². The van der Waals surface area contributed by atoms with Crippen LogP contribution in [-0.4, -0.2) is 31.3 Å². The number of rotatable bonds is 5. The Hall–Kier alpha value is -3.22. The molecule has 146 valence electrons. The SMILES string of the molecule is COc1cc(CNC(=O)n2sc3/c(c2=O)=C\C=C/CC=C=3)cc(OC)c1OC. The van der Waals surface area contributed by atoms with Crippen molar-refractivity contribution in [2.45, 2.75) is 13.0 Å². The van der Waals surface area contributed by atoms with E-state index >= 15 is 0 Å². The van der Waals surface area contributed by atoms with Crippen LogP contribution in [0.15, 0.2) is 35.2 Å². The summed E-state index contributed by atoms with van der Waals surface area (Å²) in [6, 6.07) is 2.98. The highest BCUT2D eigenvalue weighted by Gasteiger charge is 2.15. The van der Waals surface area contributed by atoms with Crippen molar-refractivity contribution in [2.24, 2.45) is 0 Å². The van der Waals surface area contributed by atoms with Gasteiger partial charge in [0.1, 0.15) is 0 Å². The van der Waals surface area contributed by atoms with Gasteiger partial charge in [-0.1, -0.05) is 12.2 Å². The molecular formula is C20H20N2O5S. The van der Waals surface area contributed by atoms with Crippen molar-refractivity contribution in [1.29, 1.82) is 0 Å². The first-order valence-corrected chi connectivity index (χ1v) is 9.27. The van der Waals surface area contributed by atoms with E-state index in [0.29, 0.717) is 27.0 Å². The lowest BCUT2D eigenvalue weighted by Gasteiger charge is -2.14. The van der Waals surface area contributed by atoms with Crippen LogP contribution in [0.2, 0.25) is 0 Å². The monoisotopic (exact) mass is 400 g/mol. The van der Waals surface area contributed by atoms with Crippen LogP contribution in [0.5, 0.6) is 17.2 Å². The largest absolute Gasteiger partial charge is 0.493 e. The molecule has 7 nitrogen and oxygen atoms in total. The molecule has 28 heavy (non-hydrogen) atoms. The molecule has 0 unspecified atom stereocenters. The minimum Gasteiger partial charge on any atom is -0.493 e. The highest BCUT2D eigenvalue weighted by molar-refractivity contribution is 7.05. The Balaban J connectivity index is 1.87. The molecular weight excluding hydrogens is 380 g/mol. The second-order valence-corrected chi connectivity index (χ2v) is 6.76. The number of fused-ring (bicyclic) bond motifs is 1. The molecule has 0 saturated carbocycles. The smallest absolute Gasteiger partial charge is 0.338 e. The number of nitrogens with zero attached hydrogens (tertiary/aromatic N) is 1. The predicted octanol–water partition coefficient (Wildman–Crippen LogP) is 1.37. The lowest BCUT2D eigenvalue weighted by molar-refractivity contribution is 0.243. The zero-order valence-electron chi connectivity index (χ0n) is 15.8. The molecule has 8 heteroatoms. The Morgan fingerprint density at radius 1 is 1.21 bits per heavy atom. The lowest BCUT2D eigenvalue weighted by atomic mass is 10.2. The Labute approximate surface area is 165 Å². The maximum Gasteiger partial charge on any atom is 0.338 e. The first kappa shape index (κ1) is 19.5. The van der Waals surface area contributed by atoms with Gasteiger partial charge in [-0.25, -0.2) is 4.79 Å². The van der Waals surface area contributed by atoms with Gasteiger partial charge in [0.25, 0.3) is 5.56 Å². The molecule has 0 saturated heterocycles. The van der Waals surface area contributed by atoms with Crippen molar-refractivity contribution in [3.8, 4) is 17.2 Å². The summed E-state index contributed by atoms with van der Waals surface area (Å²) in [5.41, 5.74) is 3.44. The van der Waals surface area contributed by atoms with E-state index in [4.69, 9.17) is 14.2 Å². The van der Waals surface area contributed by atoms with Gasteiger partial charge in [-0.3, -0.25) is 4.79 Å². The van der Waals surface area contributed by atoms with Gasteiger partial charge in [0.15, 0.2) is 11.5 Å². The normalized spacial score (nSPS) is 14.5. The molecule has 1 heterocycles. The van der Waals surface area contributed by atoms with Crippen LogP contribution < -0.4 is 34.8 Å².